The number of amides is 1. The van der Waals surface area contributed by atoms with Gasteiger partial charge in [0.05, 0.1) is 15.2 Å². The topological polar surface area (TPSA) is 55.1 Å². The molecular weight excluding hydrogens is 391 g/mol. The second kappa shape index (κ2) is 6.76. The lowest BCUT2D eigenvalue weighted by Gasteiger charge is -2.01. The number of carbonyl (C=O) groups is 1. The zero-order chi connectivity index (χ0) is 18.3. The Morgan fingerprint density at radius 1 is 1.15 bits per heavy atom. The van der Waals surface area contributed by atoms with E-state index in [2.05, 4.69) is 10.3 Å². The molecule has 0 aliphatic rings. The van der Waals surface area contributed by atoms with E-state index in [0.717, 1.165) is 15.8 Å². The Morgan fingerprint density at radius 2 is 2.00 bits per heavy atom. The van der Waals surface area contributed by atoms with Crippen LogP contribution in [0.15, 0.2) is 52.9 Å². The first-order valence-electron chi connectivity index (χ1n) is 7.74. The maximum atomic E-state index is 12.5. The summed E-state index contributed by atoms with van der Waals surface area (Å²) in [6, 6.07) is 14.3. The van der Waals surface area contributed by atoms with E-state index in [0.29, 0.717) is 26.5 Å². The van der Waals surface area contributed by atoms with Crippen molar-refractivity contribution in [3.05, 3.63) is 69.9 Å². The van der Waals surface area contributed by atoms with E-state index in [1.54, 1.807) is 30.3 Å². The smallest absolute Gasteiger partial charge is 0.293 e. The number of anilines is 1. The number of benzene rings is 2. The van der Waals surface area contributed by atoms with Crippen molar-refractivity contribution in [3.8, 4) is 11.3 Å². The van der Waals surface area contributed by atoms with Crippen LogP contribution >= 0.6 is 34.5 Å². The molecule has 4 nitrogen and oxygen atoms in total. The van der Waals surface area contributed by atoms with Gasteiger partial charge in [-0.3, -0.25) is 10.1 Å². The summed E-state index contributed by atoms with van der Waals surface area (Å²) in [5.74, 6) is 0.317. The van der Waals surface area contributed by atoms with E-state index in [1.165, 1.54) is 11.3 Å². The number of aromatic nitrogens is 1. The Bertz CT molecular complexity index is 1130. The number of halogens is 2. The van der Waals surface area contributed by atoms with Crippen LogP contribution in [0.25, 0.3) is 21.5 Å². The standard InChI is InChI=1S/C19H12Cl2N2O2S/c1-10-3-2-4-16-17(10)22-19(26-16)23-18(24)15-8-7-14(25-15)12-6-5-11(20)9-13(12)21/h2-9H,1H3,(H,22,23,24). The van der Waals surface area contributed by atoms with E-state index in [-0.39, 0.29) is 11.7 Å². The molecule has 4 aromatic rings. The zero-order valence-electron chi connectivity index (χ0n) is 13.5. The van der Waals surface area contributed by atoms with Crippen molar-refractivity contribution in [2.24, 2.45) is 0 Å². The molecule has 0 atom stereocenters. The van der Waals surface area contributed by atoms with Crippen LogP contribution in [0.2, 0.25) is 10.0 Å². The monoisotopic (exact) mass is 402 g/mol. The fourth-order valence-electron chi connectivity index (χ4n) is 2.59. The maximum Gasteiger partial charge on any atom is 0.293 e. The minimum Gasteiger partial charge on any atom is -0.451 e. The van der Waals surface area contributed by atoms with Crippen LogP contribution in [-0.4, -0.2) is 10.9 Å². The molecule has 0 aliphatic carbocycles. The molecule has 0 saturated carbocycles. The van der Waals surface area contributed by atoms with Gasteiger partial charge >= 0.3 is 0 Å². The molecule has 130 valence electrons. The van der Waals surface area contributed by atoms with Gasteiger partial charge in [-0.25, -0.2) is 4.98 Å². The number of hydrogen-bond donors (Lipinski definition) is 1. The first-order chi connectivity index (χ1) is 12.5. The highest BCUT2D eigenvalue weighted by atomic mass is 35.5. The van der Waals surface area contributed by atoms with E-state index >= 15 is 0 Å². The molecule has 1 amide bonds. The third kappa shape index (κ3) is 3.21. The van der Waals surface area contributed by atoms with Gasteiger partial charge in [0.25, 0.3) is 5.91 Å². The Morgan fingerprint density at radius 3 is 2.77 bits per heavy atom. The molecule has 0 spiro atoms. The summed E-state index contributed by atoms with van der Waals surface area (Å²) in [7, 11) is 0. The maximum absolute atomic E-state index is 12.5. The summed E-state index contributed by atoms with van der Waals surface area (Å²) >= 11 is 13.5. The highest BCUT2D eigenvalue weighted by Crippen LogP contribution is 2.32. The summed E-state index contributed by atoms with van der Waals surface area (Å²) in [5, 5.41) is 4.31. The fraction of sp³-hybridized carbons (Fsp3) is 0.0526. The van der Waals surface area contributed by atoms with Gasteiger partial charge in [-0.1, -0.05) is 46.7 Å². The van der Waals surface area contributed by atoms with E-state index in [1.807, 2.05) is 25.1 Å². The Balaban J connectivity index is 1.58. The number of aryl methyl sites for hydroxylation is 1. The van der Waals surface area contributed by atoms with Gasteiger partial charge in [0.15, 0.2) is 10.9 Å². The summed E-state index contributed by atoms with van der Waals surface area (Å²) in [5.41, 5.74) is 2.63. The average Bonchev–Trinajstić information content (AvgIpc) is 3.22. The molecule has 7 heteroatoms. The molecule has 26 heavy (non-hydrogen) atoms. The summed E-state index contributed by atoms with van der Waals surface area (Å²) < 4.78 is 6.68. The number of nitrogens with one attached hydrogen (secondary N) is 1. The molecule has 1 N–H and O–H groups in total. The molecule has 0 fully saturated rings. The fourth-order valence-corrected chi connectivity index (χ4v) is 4.03. The van der Waals surface area contributed by atoms with Gasteiger partial charge in [0.1, 0.15) is 5.76 Å². The zero-order valence-corrected chi connectivity index (χ0v) is 15.9. The van der Waals surface area contributed by atoms with Crippen LogP contribution in [0.3, 0.4) is 0 Å². The van der Waals surface area contributed by atoms with Gasteiger partial charge in [-0.05, 0) is 48.9 Å². The number of hydrogen-bond acceptors (Lipinski definition) is 4. The highest BCUT2D eigenvalue weighted by molar-refractivity contribution is 7.22. The summed E-state index contributed by atoms with van der Waals surface area (Å²) in [6.07, 6.45) is 0. The number of fused-ring (bicyclic) bond motifs is 1. The van der Waals surface area contributed by atoms with Crippen molar-refractivity contribution in [1.29, 1.82) is 0 Å². The first kappa shape index (κ1) is 17.1. The van der Waals surface area contributed by atoms with Crippen LogP contribution < -0.4 is 5.32 Å². The van der Waals surface area contributed by atoms with Gasteiger partial charge in [-0.15, -0.1) is 0 Å². The number of para-hydroxylation sites is 1. The second-order valence-corrected chi connectivity index (χ2v) is 7.56. The lowest BCUT2D eigenvalue weighted by molar-refractivity contribution is 0.0997. The predicted octanol–water partition coefficient (Wildman–Crippen LogP) is 6.42. The lowest BCUT2D eigenvalue weighted by Crippen LogP contribution is -2.10. The van der Waals surface area contributed by atoms with Crippen LogP contribution in [-0.2, 0) is 0 Å². The molecule has 2 heterocycles. The van der Waals surface area contributed by atoms with Crippen LogP contribution in [0, 0.1) is 6.92 Å². The molecular formula is C19H12Cl2N2O2S. The first-order valence-corrected chi connectivity index (χ1v) is 9.31. The van der Waals surface area contributed by atoms with Crippen molar-refractivity contribution in [2.45, 2.75) is 6.92 Å². The number of carbonyl (C=O) groups excluding carboxylic acids is 1. The molecule has 2 aromatic carbocycles. The van der Waals surface area contributed by atoms with Gasteiger partial charge in [0, 0.05) is 10.6 Å². The highest BCUT2D eigenvalue weighted by Gasteiger charge is 2.16. The van der Waals surface area contributed by atoms with Gasteiger partial charge < -0.3 is 4.42 Å². The van der Waals surface area contributed by atoms with E-state index in [4.69, 9.17) is 27.6 Å². The van der Waals surface area contributed by atoms with Crippen LogP contribution in [0.1, 0.15) is 16.1 Å². The molecule has 0 unspecified atom stereocenters. The normalized spacial score (nSPS) is 11.0. The number of furan rings is 1. The molecule has 0 saturated heterocycles. The Hall–Kier alpha value is -2.34. The average molecular weight is 403 g/mol. The van der Waals surface area contributed by atoms with Crippen molar-refractivity contribution >= 4 is 55.8 Å². The lowest BCUT2D eigenvalue weighted by atomic mass is 10.2. The second-order valence-electron chi connectivity index (χ2n) is 5.68. The minimum atomic E-state index is -0.363. The van der Waals surface area contributed by atoms with E-state index in [9.17, 15) is 4.79 Å². The van der Waals surface area contributed by atoms with Crippen molar-refractivity contribution in [3.63, 3.8) is 0 Å². The van der Waals surface area contributed by atoms with Gasteiger partial charge in [0.2, 0.25) is 0 Å². The third-order valence-electron chi connectivity index (χ3n) is 3.87. The summed E-state index contributed by atoms with van der Waals surface area (Å²) in [6.45, 7) is 1.99. The summed E-state index contributed by atoms with van der Waals surface area (Å²) in [4.78, 5) is 16.9. The number of rotatable bonds is 3. The SMILES string of the molecule is Cc1cccc2sc(NC(=O)c3ccc(-c4ccc(Cl)cc4Cl)o3)nc12. The van der Waals surface area contributed by atoms with Crippen molar-refractivity contribution < 1.29 is 9.21 Å². The predicted molar refractivity (Wildman–Crippen MR) is 106 cm³/mol. The molecule has 4 rings (SSSR count). The molecule has 0 bridgehead atoms. The third-order valence-corrected chi connectivity index (χ3v) is 5.35. The number of thiazole rings is 1. The van der Waals surface area contributed by atoms with Crippen molar-refractivity contribution in [2.75, 3.05) is 5.32 Å². The minimum absolute atomic E-state index is 0.182. The van der Waals surface area contributed by atoms with Crippen LogP contribution in [0.5, 0.6) is 0 Å². The molecule has 0 aliphatic heterocycles. The molecule has 2 aromatic heterocycles. The Labute approximate surface area is 163 Å². The van der Waals surface area contributed by atoms with Crippen LogP contribution in [0.4, 0.5) is 5.13 Å². The van der Waals surface area contributed by atoms with Gasteiger partial charge in [-0.2, -0.15) is 0 Å². The quantitative estimate of drug-likeness (QED) is 0.429. The number of nitrogens with zero attached hydrogens (tertiary/aromatic N) is 1. The molecule has 0 radical (unpaired) electrons. The van der Waals surface area contributed by atoms with Crippen molar-refractivity contribution in [1.82, 2.24) is 4.98 Å². The van der Waals surface area contributed by atoms with E-state index < -0.39 is 0 Å². The Kier molecular flexibility index (Phi) is 4.44. The largest absolute Gasteiger partial charge is 0.451 e.